The number of aliphatic carboxylic acids is 1. The van der Waals surface area contributed by atoms with Crippen molar-refractivity contribution >= 4 is 27.8 Å². The van der Waals surface area contributed by atoms with Gasteiger partial charge in [0.1, 0.15) is 5.52 Å². The van der Waals surface area contributed by atoms with E-state index in [1.807, 2.05) is 18.4 Å². The van der Waals surface area contributed by atoms with Crippen molar-refractivity contribution in [3.05, 3.63) is 53.4 Å². The second-order valence-electron chi connectivity index (χ2n) is 10.1. The van der Waals surface area contributed by atoms with Crippen molar-refractivity contribution < 1.29 is 33.3 Å². The van der Waals surface area contributed by atoms with Gasteiger partial charge in [-0.3, -0.25) is 5.10 Å². The summed E-state index contributed by atoms with van der Waals surface area (Å²) < 4.78 is 43.1. The number of aromatic nitrogens is 3. The molecule has 0 radical (unpaired) electrons. The zero-order valence-corrected chi connectivity index (χ0v) is 20.4. The van der Waals surface area contributed by atoms with Gasteiger partial charge in [-0.25, -0.2) is 13.6 Å². The van der Waals surface area contributed by atoms with Gasteiger partial charge in [-0.15, -0.1) is 0 Å². The van der Waals surface area contributed by atoms with Gasteiger partial charge in [0.2, 0.25) is 0 Å². The number of methoxy groups -OCH3 is 2. The van der Waals surface area contributed by atoms with Gasteiger partial charge in [-0.1, -0.05) is 13.8 Å². The number of ether oxygens (including phenoxy) is 2. The van der Waals surface area contributed by atoms with Gasteiger partial charge in [-0.05, 0) is 42.5 Å². The van der Waals surface area contributed by atoms with Crippen molar-refractivity contribution in [3.8, 4) is 11.4 Å². The Balaban J connectivity index is 1.91. The van der Waals surface area contributed by atoms with E-state index >= 15 is 4.39 Å². The van der Waals surface area contributed by atoms with E-state index < -0.39 is 34.5 Å². The first-order valence-corrected chi connectivity index (χ1v) is 11.5. The summed E-state index contributed by atoms with van der Waals surface area (Å²) in [5.74, 6) is -2.77. The molecular weight excluding hydrogens is 472 g/mol. The first-order chi connectivity index (χ1) is 17.0. The van der Waals surface area contributed by atoms with Crippen LogP contribution in [-0.4, -0.2) is 57.4 Å². The Morgan fingerprint density at radius 3 is 2.64 bits per heavy atom. The molecule has 1 fully saturated rings. The molecule has 0 saturated heterocycles. The minimum Gasteiger partial charge on any atom is -0.494 e. The third kappa shape index (κ3) is 3.47. The molecule has 1 saturated carbocycles. The highest BCUT2D eigenvalue weighted by atomic mass is 19.1. The van der Waals surface area contributed by atoms with Gasteiger partial charge in [0.05, 0.1) is 25.4 Å². The molecule has 2 heterocycles. The molecule has 0 aliphatic heterocycles. The second kappa shape index (κ2) is 8.28. The quantitative estimate of drug-likeness (QED) is 0.348. The number of aromatic amines is 1. The molecule has 4 aromatic rings. The fraction of sp³-hybridized carbons (Fsp3) is 0.385. The number of H-pyrrole nitrogens is 1. The first-order valence-electron chi connectivity index (χ1n) is 11.5. The lowest BCUT2D eigenvalue weighted by Crippen LogP contribution is -2.49. The Kier molecular flexibility index (Phi) is 5.57. The third-order valence-corrected chi connectivity index (χ3v) is 7.16. The summed E-state index contributed by atoms with van der Waals surface area (Å²) in [7, 11) is 2.93. The van der Waals surface area contributed by atoms with E-state index in [4.69, 9.17) is 9.47 Å². The number of hydrogen-bond donors (Lipinski definition) is 3. The summed E-state index contributed by atoms with van der Waals surface area (Å²) in [5.41, 5.74) is -0.00867. The molecule has 10 heteroatoms. The number of carboxylic acid groups (broad SMARTS) is 1. The lowest BCUT2D eigenvalue weighted by atomic mass is 9.66. The highest BCUT2D eigenvalue weighted by Gasteiger charge is 2.52. The number of carbonyl (C=O) groups is 1. The minimum absolute atomic E-state index is 0.0279. The van der Waals surface area contributed by atoms with E-state index in [1.54, 1.807) is 19.2 Å². The molecule has 5 rings (SSSR count). The summed E-state index contributed by atoms with van der Waals surface area (Å²) in [6.07, 6.45) is 1.39. The van der Waals surface area contributed by atoms with Crippen LogP contribution >= 0.6 is 0 Å². The number of hydrogen-bond acceptors (Lipinski definition) is 5. The summed E-state index contributed by atoms with van der Waals surface area (Å²) in [6, 6.07) is 6.20. The van der Waals surface area contributed by atoms with Crippen molar-refractivity contribution in [2.45, 2.75) is 43.6 Å². The lowest BCUT2D eigenvalue weighted by Gasteiger charge is -2.42. The van der Waals surface area contributed by atoms with Crippen LogP contribution in [-0.2, 0) is 14.9 Å². The average molecular weight is 500 g/mol. The molecular formula is C26H27F2N3O5. The highest BCUT2D eigenvalue weighted by Crippen LogP contribution is 2.52. The number of carboxylic acids is 1. The largest absolute Gasteiger partial charge is 0.494 e. The predicted molar refractivity (Wildman–Crippen MR) is 129 cm³/mol. The first kappa shape index (κ1) is 24.2. The van der Waals surface area contributed by atoms with Crippen molar-refractivity contribution in [1.82, 2.24) is 14.8 Å². The summed E-state index contributed by atoms with van der Waals surface area (Å²) >= 11 is 0. The summed E-state index contributed by atoms with van der Waals surface area (Å²) in [6.45, 7) is 4.16. The fourth-order valence-corrected chi connectivity index (χ4v) is 5.51. The van der Waals surface area contributed by atoms with E-state index in [0.717, 1.165) is 0 Å². The zero-order valence-electron chi connectivity index (χ0n) is 20.4. The molecule has 36 heavy (non-hydrogen) atoms. The average Bonchev–Trinajstić information content (AvgIpc) is 3.41. The second-order valence-corrected chi connectivity index (χ2v) is 10.1. The number of rotatable bonds is 7. The summed E-state index contributed by atoms with van der Waals surface area (Å²) in [4.78, 5) is 11.7. The van der Waals surface area contributed by atoms with Crippen LogP contribution in [0.3, 0.4) is 0 Å². The number of fused-ring (bicyclic) bond motifs is 2. The maximum absolute atomic E-state index is 16.1. The molecule has 190 valence electrons. The maximum Gasteiger partial charge on any atom is 0.335 e. The van der Waals surface area contributed by atoms with Gasteiger partial charge in [-0.2, -0.15) is 5.10 Å². The van der Waals surface area contributed by atoms with Gasteiger partial charge in [0.15, 0.2) is 23.0 Å². The van der Waals surface area contributed by atoms with E-state index in [2.05, 4.69) is 10.2 Å². The molecule has 0 bridgehead atoms. The molecule has 0 atom stereocenters. The van der Waals surface area contributed by atoms with Gasteiger partial charge < -0.3 is 24.3 Å². The van der Waals surface area contributed by atoms with Crippen LogP contribution in [0.1, 0.15) is 43.9 Å². The monoisotopic (exact) mass is 499 g/mol. The standard InChI is InChI=1S/C26H27F2N3O5/c1-25(2,12-35-3)23-19(14-9-26(34,10-14)24(32)33)20-17(7-13-11-29-30-22(13)21(20)28)31(23)15-5-6-16(27)18(8-15)36-4/h5-8,11,14,34H,9-10,12H2,1-4H3,(H,29,30)(H,32,33)/t14-,26+. The molecule has 1 aliphatic carbocycles. The summed E-state index contributed by atoms with van der Waals surface area (Å²) in [5, 5.41) is 27.6. The molecule has 0 unspecified atom stereocenters. The molecule has 1 aliphatic rings. The van der Waals surface area contributed by atoms with E-state index in [9.17, 15) is 19.4 Å². The maximum atomic E-state index is 16.1. The van der Waals surface area contributed by atoms with Crippen LogP contribution < -0.4 is 4.74 Å². The minimum atomic E-state index is -1.88. The molecule has 3 N–H and O–H groups in total. The zero-order chi connectivity index (χ0) is 26.0. The Labute approximate surface area is 205 Å². The van der Waals surface area contributed by atoms with Crippen LogP contribution in [0, 0.1) is 11.6 Å². The number of benzene rings is 2. The predicted octanol–water partition coefficient (Wildman–Crippen LogP) is 4.41. The Morgan fingerprint density at radius 1 is 1.28 bits per heavy atom. The fourth-order valence-electron chi connectivity index (χ4n) is 5.51. The van der Waals surface area contributed by atoms with Crippen molar-refractivity contribution in [2.24, 2.45) is 0 Å². The third-order valence-electron chi connectivity index (χ3n) is 7.16. The number of nitrogens with one attached hydrogen (secondary N) is 1. The van der Waals surface area contributed by atoms with Crippen molar-refractivity contribution in [1.29, 1.82) is 0 Å². The number of aliphatic hydroxyl groups is 1. The number of nitrogens with zero attached hydrogens (tertiary/aromatic N) is 2. The van der Waals surface area contributed by atoms with E-state index in [-0.39, 0.29) is 30.7 Å². The van der Waals surface area contributed by atoms with Crippen LogP contribution in [0.5, 0.6) is 5.75 Å². The number of halogens is 2. The van der Waals surface area contributed by atoms with Crippen LogP contribution in [0.4, 0.5) is 8.78 Å². The Bertz CT molecular complexity index is 1500. The Hall–Kier alpha value is -3.50. The SMILES string of the molecule is COCC(C)(C)c1c([C@H]2C[C@](O)(C(=O)O)C2)c2c(F)c3[nH]ncc3cc2n1-c1ccc(F)c(OC)c1. The van der Waals surface area contributed by atoms with Gasteiger partial charge in [0, 0.05) is 40.7 Å². The van der Waals surface area contributed by atoms with Gasteiger partial charge in [0.25, 0.3) is 0 Å². The van der Waals surface area contributed by atoms with Crippen molar-refractivity contribution in [3.63, 3.8) is 0 Å². The smallest absolute Gasteiger partial charge is 0.335 e. The molecule has 2 aromatic heterocycles. The highest BCUT2D eigenvalue weighted by molar-refractivity contribution is 6.00. The Morgan fingerprint density at radius 2 is 2.00 bits per heavy atom. The molecule has 0 amide bonds. The van der Waals surface area contributed by atoms with E-state index in [1.165, 1.54) is 25.4 Å². The van der Waals surface area contributed by atoms with Crippen LogP contribution in [0.25, 0.3) is 27.5 Å². The van der Waals surface area contributed by atoms with Crippen LogP contribution in [0.2, 0.25) is 0 Å². The van der Waals surface area contributed by atoms with Gasteiger partial charge >= 0.3 is 5.97 Å². The lowest BCUT2D eigenvalue weighted by molar-refractivity contribution is -0.169. The topological polar surface area (TPSA) is 110 Å². The van der Waals surface area contributed by atoms with Crippen LogP contribution in [0.15, 0.2) is 30.5 Å². The molecule has 2 aromatic carbocycles. The van der Waals surface area contributed by atoms with Crippen molar-refractivity contribution in [2.75, 3.05) is 20.8 Å². The molecule has 8 nitrogen and oxygen atoms in total. The normalized spacial score (nSPS) is 20.1. The molecule has 0 spiro atoms. The van der Waals surface area contributed by atoms with E-state index in [0.29, 0.717) is 33.2 Å².